The highest BCUT2D eigenvalue weighted by molar-refractivity contribution is 5.78. The number of likely N-dealkylation sites (N-methyl/N-ethyl adjacent to an activating group) is 1. The topological polar surface area (TPSA) is 68.7 Å². The molecular weight excluding hydrogens is 316 g/mol. The molecule has 1 aromatic rings. The Morgan fingerprint density at radius 3 is 2.76 bits per heavy atom. The lowest BCUT2D eigenvalue weighted by Gasteiger charge is -2.49. The number of amides is 1. The third-order valence-electron chi connectivity index (χ3n) is 6.00. The summed E-state index contributed by atoms with van der Waals surface area (Å²) >= 11 is 0. The lowest BCUT2D eigenvalue weighted by atomic mass is 9.65. The van der Waals surface area contributed by atoms with Crippen LogP contribution in [0.15, 0.2) is 24.5 Å². The van der Waals surface area contributed by atoms with Gasteiger partial charge >= 0.3 is 0 Å². The summed E-state index contributed by atoms with van der Waals surface area (Å²) in [6.45, 7) is 5.01. The van der Waals surface area contributed by atoms with Crippen molar-refractivity contribution in [1.29, 1.82) is 0 Å². The molecule has 3 heterocycles. The van der Waals surface area contributed by atoms with Crippen molar-refractivity contribution in [2.45, 2.75) is 25.8 Å². The predicted molar refractivity (Wildman–Crippen MR) is 96.9 cm³/mol. The summed E-state index contributed by atoms with van der Waals surface area (Å²) in [7, 11) is 1.98. The lowest BCUT2D eigenvalue weighted by molar-refractivity contribution is -0.136. The number of piperidine rings is 2. The van der Waals surface area contributed by atoms with Crippen molar-refractivity contribution in [2.24, 2.45) is 11.3 Å². The quantitative estimate of drug-likeness (QED) is 0.822. The molecule has 2 fully saturated rings. The van der Waals surface area contributed by atoms with Gasteiger partial charge in [0.05, 0.1) is 6.54 Å². The summed E-state index contributed by atoms with van der Waals surface area (Å²) in [6, 6.07) is 3.97. The molecule has 6 nitrogen and oxygen atoms in total. The summed E-state index contributed by atoms with van der Waals surface area (Å²) < 4.78 is 0. The first-order valence-electron chi connectivity index (χ1n) is 9.30. The van der Waals surface area contributed by atoms with Crippen LogP contribution in [0.2, 0.25) is 0 Å². The Morgan fingerprint density at radius 1 is 1.36 bits per heavy atom. The average molecular weight is 346 g/mol. The zero-order valence-corrected chi connectivity index (χ0v) is 15.2. The van der Waals surface area contributed by atoms with E-state index in [0.29, 0.717) is 12.5 Å². The van der Waals surface area contributed by atoms with Gasteiger partial charge in [0.15, 0.2) is 0 Å². The monoisotopic (exact) mass is 346 g/mol. The Kier molecular flexibility index (Phi) is 6.04. The minimum atomic E-state index is 0.209. The molecule has 3 rings (SSSR count). The number of aliphatic hydroxyl groups excluding tert-OH is 1. The number of rotatable bonds is 5. The molecule has 0 bridgehead atoms. The second kappa shape index (κ2) is 8.25. The number of pyridine rings is 1. The lowest BCUT2D eigenvalue weighted by Crippen LogP contribution is -2.54. The molecule has 1 spiro atoms. The van der Waals surface area contributed by atoms with Crippen LogP contribution in [0.25, 0.3) is 0 Å². The van der Waals surface area contributed by atoms with Gasteiger partial charge < -0.3 is 15.3 Å². The van der Waals surface area contributed by atoms with E-state index in [1.54, 1.807) is 12.4 Å². The fraction of sp³-hybridized carbons (Fsp3) is 0.684. The zero-order chi connectivity index (χ0) is 17.7. The van der Waals surface area contributed by atoms with Crippen LogP contribution in [0.1, 0.15) is 24.8 Å². The zero-order valence-electron chi connectivity index (χ0n) is 15.2. The third-order valence-corrected chi connectivity index (χ3v) is 6.00. The molecule has 0 radical (unpaired) electrons. The molecule has 1 amide bonds. The average Bonchev–Trinajstić information content (AvgIpc) is 2.63. The Morgan fingerprint density at radius 2 is 2.08 bits per heavy atom. The van der Waals surface area contributed by atoms with Crippen molar-refractivity contribution >= 4 is 5.91 Å². The first kappa shape index (κ1) is 18.3. The van der Waals surface area contributed by atoms with Crippen molar-refractivity contribution in [3.63, 3.8) is 0 Å². The SMILES string of the molecule is CN(CC(=O)N1CCC2(CCNC[C@H]2CO)CC1)Cc1ccncc1. The summed E-state index contributed by atoms with van der Waals surface area (Å²) in [4.78, 5) is 20.7. The van der Waals surface area contributed by atoms with E-state index >= 15 is 0 Å². The summed E-state index contributed by atoms with van der Waals surface area (Å²) in [5.41, 5.74) is 1.39. The van der Waals surface area contributed by atoms with Crippen LogP contribution in [0, 0.1) is 11.3 Å². The molecule has 25 heavy (non-hydrogen) atoms. The highest BCUT2D eigenvalue weighted by Gasteiger charge is 2.43. The third kappa shape index (κ3) is 4.37. The number of likely N-dealkylation sites (tertiary alicyclic amines) is 1. The molecule has 6 heteroatoms. The number of aliphatic hydroxyl groups is 1. The molecule has 0 saturated carbocycles. The van der Waals surface area contributed by atoms with Crippen molar-refractivity contribution in [2.75, 3.05) is 46.4 Å². The molecule has 0 aromatic carbocycles. The van der Waals surface area contributed by atoms with Gasteiger partial charge in [0.1, 0.15) is 0 Å². The summed E-state index contributed by atoms with van der Waals surface area (Å²) in [5.74, 6) is 0.536. The molecule has 0 aliphatic carbocycles. The van der Waals surface area contributed by atoms with Gasteiger partial charge in [-0.2, -0.15) is 0 Å². The predicted octanol–water partition coefficient (Wildman–Crippen LogP) is 0.724. The Bertz CT molecular complexity index is 558. The second-order valence-electron chi connectivity index (χ2n) is 7.60. The number of carbonyl (C=O) groups is 1. The molecule has 2 aliphatic rings. The molecule has 138 valence electrons. The number of aromatic nitrogens is 1. The molecule has 1 aromatic heterocycles. The van der Waals surface area contributed by atoms with Crippen molar-refractivity contribution in [3.8, 4) is 0 Å². The van der Waals surface area contributed by atoms with E-state index in [1.165, 1.54) is 5.56 Å². The van der Waals surface area contributed by atoms with Crippen LogP contribution in [-0.2, 0) is 11.3 Å². The van der Waals surface area contributed by atoms with E-state index in [9.17, 15) is 9.90 Å². The normalized spacial score (nSPS) is 23.2. The van der Waals surface area contributed by atoms with Gasteiger partial charge in [-0.1, -0.05) is 0 Å². The molecule has 1 atom stereocenters. The number of hydrogen-bond acceptors (Lipinski definition) is 5. The van der Waals surface area contributed by atoms with E-state index in [4.69, 9.17) is 0 Å². The van der Waals surface area contributed by atoms with E-state index in [2.05, 4.69) is 15.2 Å². The Balaban J connectivity index is 1.49. The second-order valence-corrected chi connectivity index (χ2v) is 7.60. The van der Waals surface area contributed by atoms with Gasteiger partial charge in [0.2, 0.25) is 5.91 Å². The van der Waals surface area contributed by atoms with Gasteiger partial charge in [0.25, 0.3) is 0 Å². The minimum Gasteiger partial charge on any atom is -0.396 e. The van der Waals surface area contributed by atoms with E-state index in [0.717, 1.165) is 52.0 Å². The standard InChI is InChI=1S/C19H30N4O2/c1-22(13-16-2-7-20-8-3-16)14-18(25)23-10-5-19(6-11-23)4-9-21-12-17(19)15-24/h2-3,7-8,17,21,24H,4-6,9-15H2,1H3/t17-/m0/s1. The van der Waals surface area contributed by atoms with Crippen LogP contribution < -0.4 is 5.32 Å². The molecule has 2 saturated heterocycles. The fourth-order valence-corrected chi connectivity index (χ4v) is 4.34. The fourth-order valence-electron chi connectivity index (χ4n) is 4.34. The highest BCUT2D eigenvalue weighted by atomic mass is 16.3. The molecular formula is C19H30N4O2. The first-order valence-corrected chi connectivity index (χ1v) is 9.30. The summed E-state index contributed by atoms with van der Waals surface area (Å²) in [5, 5.41) is 13.1. The van der Waals surface area contributed by atoms with Crippen LogP contribution in [0.4, 0.5) is 0 Å². The maximum atomic E-state index is 12.6. The Labute approximate surface area is 150 Å². The van der Waals surface area contributed by atoms with Crippen LogP contribution >= 0.6 is 0 Å². The number of nitrogens with one attached hydrogen (secondary N) is 1. The van der Waals surface area contributed by atoms with E-state index in [1.807, 2.05) is 24.1 Å². The molecule has 2 N–H and O–H groups in total. The van der Waals surface area contributed by atoms with E-state index < -0.39 is 0 Å². The molecule has 0 unspecified atom stereocenters. The van der Waals surface area contributed by atoms with Crippen molar-refractivity contribution in [1.82, 2.24) is 20.1 Å². The first-order chi connectivity index (χ1) is 12.1. The van der Waals surface area contributed by atoms with E-state index in [-0.39, 0.29) is 17.9 Å². The van der Waals surface area contributed by atoms with Gasteiger partial charge in [0, 0.05) is 51.1 Å². The maximum absolute atomic E-state index is 12.6. The van der Waals surface area contributed by atoms with Gasteiger partial charge in [-0.15, -0.1) is 0 Å². The van der Waals surface area contributed by atoms with Crippen LogP contribution in [0.3, 0.4) is 0 Å². The van der Waals surface area contributed by atoms with Crippen LogP contribution in [0.5, 0.6) is 0 Å². The smallest absolute Gasteiger partial charge is 0.236 e. The number of nitrogens with zero attached hydrogens (tertiary/aromatic N) is 3. The van der Waals surface area contributed by atoms with Crippen LogP contribution in [-0.4, -0.2) is 72.2 Å². The number of carbonyl (C=O) groups excluding carboxylic acids is 1. The minimum absolute atomic E-state index is 0.209. The van der Waals surface area contributed by atoms with Gasteiger partial charge in [-0.3, -0.25) is 14.7 Å². The van der Waals surface area contributed by atoms with Gasteiger partial charge in [-0.05, 0) is 56.0 Å². The Hall–Kier alpha value is -1.50. The molecule has 2 aliphatic heterocycles. The van der Waals surface area contributed by atoms with Crippen molar-refractivity contribution in [3.05, 3.63) is 30.1 Å². The van der Waals surface area contributed by atoms with Gasteiger partial charge in [-0.25, -0.2) is 0 Å². The maximum Gasteiger partial charge on any atom is 0.236 e. The van der Waals surface area contributed by atoms with Crippen molar-refractivity contribution < 1.29 is 9.90 Å². The summed E-state index contributed by atoms with van der Waals surface area (Å²) in [6.07, 6.45) is 6.71. The number of hydrogen-bond donors (Lipinski definition) is 2. The highest BCUT2D eigenvalue weighted by Crippen LogP contribution is 2.43. The largest absolute Gasteiger partial charge is 0.396 e.